The zero-order chi connectivity index (χ0) is 18.9. The summed E-state index contributed by atoms with van der Waals surface area (Å²) in [4.78, 5) is 44.9. The first-order valence-corrected chi connectivity index (χ1v) is 6.73. The highest BCUT2D eigenvalue weighted by Gasteiger charge is 2.38. The van der Waals surface area contributed by atoms with Crippen molar-refractivity contribution in [3.63, 3.8) is 0 Å². The minimum Gasteiger partial charge on any atom is -0.344 e. The number of ketones is 1. The highest BCUT2D eigenvalue weighted by atomic mass is 32.1. The minimum absolute atomic E-state index is 0.184. The van der Waals surface area contributed by atoms with Crippen molar-refractivity contribution in [2.45, 2.75) is 12.2 Å². The molecule has 25 heavy (non-hydrogen) atoms. The molecule has 3 N–H and O–H groups in total. The summed E-state index contributed by atoms with van der Waals surface area (Å²) in [7, 11) is 0. The van der Waals surface area contributed by atoms with E-state index in [1.807, 2.05) is 5.32 Å². The van der Waals surface area contributed by atoms with Crippen LogP contribution in [-0.2, 0) is 20.6 Å². The molecular weight excluding hydrogens is 369 g/mol. The molecule has 9 nitrogen and oxygen atoms in total. The molecule has 0 unspecified atom stereocenters. The number of hydrogen-bond donors (Lipinski definition) is 3. The molecule has 132 valence electrons. The lowest BCUT2D eigenvalue weighted by atomic mass is 10.1. The molecule has 1 atom stereocenters. The Bertz CT molecular complexity index is 810. The molecule has 2 rings (SSSR count). The van der Waals surface area contributed by atoms with E-state index in [1.54, 1.807) is 0 Å². The normalized spacial score (nSPS) is 16.8. The van der Waals surface area contributed by atoms with Gasteiger partial charge in [-0.05, 0) is 24.4 Å². The molecule has 1 aliphatic heterocycles. The number of nitro groups is 1. The fourth-order valence-corrected chi connectivity index (χ4v) is 2.10. The van der Waals surface area contributed by atoms with E-state index in [4.69, 9.17) is 0 Å². The predicted octanol–water partition coefficient (Wildman–Crippen LogP) is 0.494. The average Bonchev–Trinajstić information content (AvgIpc) is 2.84. The van der Waals surface area contributed by atoms with Crippen LogP contribution in [0.15, 0.2) is 18.2 Å². The molecule has 0 saturated carbocycles. The van der Waals surface area contributed by atoms with E-state index in [2.05, 4.69) is 22.9 Å². The van der Waals surface area contributed by atoms with Gasteiger partial charge in [0.1, 0.15) is 5.69 Å². The van der Waals surface area contributed by atoms with E-state index in [-0.39, 0.29) is 11.2 Å². The van der Waals surface area contributed by atoms with Gasteiger partial charge in [-0.15, -0.1) is 0 Å². The van der Waals surface area contributed by atoms with Crippen LogP contribution in [0.5, 0.6) is 0 Å². The second kappa shape index (κ2) is 6.43. The standard InChI is InChI=1S/C12H7F3N4O5S/c13-12(14,15)4-1-2-5(6(3-4)19(23)24)16-10(22)8(20)7-9(21)18-11(25)17-7/h1-3,7H,(H,16,22)(H2,17,18,21,25)/t7-/m0/s1. The summed E-state index contributed by atoms with van der Waals surface area (Å²) < 4.78 is 37.8. The van der Waals surface area contributed by atoms with Gasteiger partial charge in [0.25, 0.3) is 23.3 Å². The predicted molar refractivity (Wildman–Crippen MR) is 79.4 cm³/mol. The summed E-state index contributed by atoms with van der Waals surface area (Å²) in [5.74, 6) is -3.64. The van der Waals surface area contributed by atoms with Crippen LogP contribution in [0.3, 0.4) is 0 Å². The molecular formula is C12H7F3N4O5S. The van der Waals surface area contributed by atoms with Crippen LogP contribution in [0.1, 0.15) is 5.56 Å². The molecule has 1 aromatic rings. The molecule has 2 amide bonds. The number of amides is 2. The number of Topliss-reactive ketones (excluding diaryl/α,β-unsaturated/α-hetero) is 1. The van der Waals surface area contributed by atoms with Gasteiger partial charge in [0.2, 0.25) is 0 Å². The van der Waals surface area contributed by atoms with Gasteiger partial charge < -0.3 is 16.0 Å². The smallest absolute Gasteiger partial charge is 0.344 e. The van der Waals surface area contributed by atoms with E-state index in [0.717, 1.165) is 0 Å². The summed E-state index contributed by atoms with van der Waals surface area (Å²) in [6, 6.07) is -0.266. The Labute approximate surface area is 141 Å². The van der Waals surface area contributed by atoms with E-state index in [1.165, 1.54) is 0 Å². The van der Waals surface area contributed by atoms with Gasteiger partial charge in [-0.3, -0.25) is 24.5 Å². The number of hydrogen-bond acceptors (Lipinski definition) is 6. The average molecular weight is 376 g/mol. The van der Waals surface area contributed by atoms with Crippen LogP contribution in [0.25, 0.3) is 0 Å². The molecule has 0 bridgehead atoms. The van der Waals surface area contributed by atoms with Gasteiger partial charge in [0.05, 0.1) is 10.5 Å². The van der Waals surface area contributed by atoms with Gasteiger partial charge in [-0.2, -0.15) is 13.2 Å². The summed E-state index contributed by atoms with van der Waals surface area (Å²) in [5.41, 5.74) is -2.99. The Morgan fingerprint density at radius 3 is 2.44 bits per heavy atom. The second-order valence-corrected chi connectivity index (χ2v) is 5.11. The second-order valence-electron chi connectivity index (χ2n) is 4.70. The summed E-state index contributed by atoms with van der Waals surface area (Å²) in [6.45, 7) is 0. The maximum Gasteiger partial charge on any atom is 0.416 e. The number of carbonyl (C=O) groups excluding carboxylic acids is 3. The van der Waals surface area contributed by atoms with Crippen molar-refractivity contribution in [2.75, 3.05) is 5.32 Å². The molecule has 1 aromatic carbocycles. The molecule has 1 saturated heterocycles. The number of alkyl halides is 3. The number of halogens is 3. The Hall–Kier alpha value is -3.09. The van der Waals surface area contributed by atoms with Gasteiger partial charge in [-0.25, -0.2) is 0 Å². The molecule has 0 spiro atoms. The first kappa shape index (κ1) is 18.3. The lowest BCUT2D eigenvalue weighted by Crippen LogP contribution is -2.43. The monoisotopic (exact) mass is 376 g/mol. The third-order valence-corrected chi connectivity index (χ3v) is 3.25. The maximum atomic E-state index is 12.6. The van der Waals surface area contributed by atoms with Crippen LogP contribution >= 0.6 is 12.2 Å². The SMILES string of the molecule is O=C(Nc1ccc(C(F)(F)F)cc1[N+](=O)[O-])C(=O)[C@@H]1NC(=S)NC1=O. The first-order valence-electron chi connectivity index (χ1n) is 6.33. The number of nitro benzene ring substituents is 1. The molecule has 13 heteroatoms. The summed E-state index contributed by atoms with van der Waals surface area (Å²) >= 11 is 4.59. The summed E-state index contributed by atoms with van der Waals surface area (Å²) in [6.07, 6.45) is -4.83. The van der Waals surface area contributed by atoms with Crippen LogP contribution in [0, 0.1) is 10.1 Å². The largest absolute Gasteiger partial charge is 0.416 e. The number of nitrogens with zero attached hydrogens (tertiary/aromatic N) is 1. The number of anilines is 1. The number of nitrogens with one attached hydrogen (secondary N) is 3. The molecule has 1 aliphatic rings. The molecule has 0 radical (unpaired) electrons. The van der Waals surface area contributed by atoms with Crippen molar-refractivity contribution < 1.29 is 32.5 Å². The minimum atomic E-state index is -4.83. The Morgan fingerprint density at radius 1 is 1.32 bits per heavy atom. The Balaban J connectivity index is 2.26. The van der Waals surface area contributed by atoms with E-state index in [0.29, 0.717) is 12.1 Å². The quantitative estimate of drug-likeness (QED) is 0.229. The van der Waals surface area contributed by atoms with E-state index in [9.17, 15) is 37.7 Å². The third-order valence-electron chi connectivity index (χ3n) is 3.03. The fraction of sp³-hybridized carbons (Fsp3) is 0.167. The number of carbonyl (C=O) groups is 3. The maximum absolute atomic E-state index is 12.6. The van der Waals surface area contributed by atoms with Crippen molar-refractivity contribution in [2.24, 2.45) is 0 Å². The van der Waals surface area contributed by atoms with Crippen molar-refractivity contribution >= 4 is 46.3 Å². The lowest BCUT2D eigenvalue weighted by Gasteiger charge is -2.10. The van der Waals surface area contributed by atoms with Gasteiger partial charge in [-0.1, -0.05) is 0 Å². The van der Waals surface area contributed by atoms with Crippen molar-refractivity contribution in [1.29, 1.82) is 0 Å². The summed E-state index contributed by atoms with van der Waals surface area (Å²) in [5, 5.41) is 16.8. The van der Waals surface area contributed by atoms with Crippen molar-refractivity contribution in [1.82, 2.24) is 10.6 Å². The Kier molecular flexibility index (Phi) is 4.69. The van der Waals surface area contributed by atoms with Gasteiger partial charge in [0.15, 0.2) is 11.2 Å². The van der Waals surface area contributed by atoms with Gasteiger partial charge in [0, 0.05) is 6.07 Å². The van der Waals surface area contributed by atoms with Crippen LogP contribution in [0.4, 0.5) is 24.5 Å². The molecule has 1 fully saturated rings. The third kappa shape index (κ3) is 3.88. The number of rotatable bonds is 4. The van der Waals surface area contributed by atoms with Crippen molar-refractivity contribution in [3.8, 4) is 0 Å². The van der Waals surface area contributed by atoms with Crippen LogP contribution in [-0.4, -0.2) is 33.7 Å². The van der Waals surface area contributed by atoms with E-state index >= 15 is 0 Å². The highest BCUT2D eigenvalue weighted by Crippen LogP contribution is 2.34. The first-order chi connectivity index (χ1) is 11.5. The molecule has 0 aromatic heterocycles. The van der Waals surface area contributed by atoms with Crippen LogP contribution < -0.4 is 16.0 Å². The molecule has 1 heterocycles. The number of benzene rings is 1. The fourth-order valence-electron chi connectivity index (χ4n) is 1.88. The van der Waals surface area contributed by atoms with Gasteiger partial charge >= 0.3 is 6.18 Å². The molecule has 0 aliphatic carbocycles. The lowest BCUT2D eigenvalue weighted by molar-refractivity contribution is -0.384. The zero-order valence-corrected chi connectivity index (χ0v) is 12.7. The topological polar surface area (TPSA) is 130 Å². The Morgan fingerprint density at radius 2 is 1.96 bits per heavy atom. The van der Waals surface area contributed by atoms with Crippen LogP contribution in [0.2, 0.25) is 0 Å². The highest BCUT2D eigenvalue weighted by molar-refractivity contribution is 7.80. The van der Waals surface area contributed by atoms with Crippen molar-refractivity contribution in [3.05, 3.63) is 33.9 Å². The number of thiocarbonyl (C=S) groups is 1. The van der Waals surface area contributed by atoms with E-state index < -0.39 is 51.7 Å². The zero-order valence-electron chi connectivity index (χ0n) is 11.8.